The van der Waals surface area contributed by atoms with E-state index in [1.54, 1.807) is 30.7 Å². The van der Waals surface area contributed by atoms with Gasteiger partial charge in [-0.1, -0.05) is 43.3 Å². The van der Waals surface area contributed by atoms with Gasteiger partial charge in [0, 0.05) is 24.6 Å². The minimum absolute atomic E-state index is 0.170. The van der Waals surface area contributed by atoms with Gasteiger partial charge in [-0.3, -0.25) is 19.0 Å². The molecule has 5 rings (SSSR count). The Balaban J connectivity index is 1.74. The van der Waals surface area contributed by atoms with Crippen molar-refractivity contribution >= 4 is 62.7 Å². The summed E-state index contributed by atoms with van der Waals surface area (Å²) in [4.78, 5) is 43.4. The van der Waals surface area contributed by atoms with Crippen LogP contribution in [0.5, 0.6) is 5.75 Å². The lowest BCUT2D eigenvalue weighted by atomic mass is 10.1. The summed E-state index contributed by atoms with van der Waals surface area (Å²) < 4.78 is 13.3. The summed E-state index contributed by atoms with van der Waals surface area (Å²) in [5, 5.41) is 6.64. The highest BCUT2D eigenvalue weighted by Crippen LogP contribution is 2.46. The molecular formula is C29H30N4O5S2. The van der Waals surface area contributed by atoms with Gasteiger partial charge < -0.3 is 14.4 Å². The molecule has 2 aromatic carbocycles. The molecule has 0 bridgehead atoms. The number of rotatable bonds is 8. The molecule has 0 aliphatic carbocycles. The lowest BCUT2D eigenvalue weighted by Crippen LogP contribution is -2.36. The number of ether oxygens (including phenoxy) is 2. The van der Waals surface area contributed by atoms with Crippen molar-refractivity contribution in [2.24, 2.45) is 5.10 Å². The number of hydrogen-bond acceptors (Lipinski definition) is 9. The molecule has 0 radical (unpaired) electrons. The number of unbranched alkanes of at least 4 members (excludes halogenated alkanes) is 1. The zero-order chi connectivity index (χ0) is 28.4. The minimum atomic E-state index is -0.481. The standard InChI is InChI=1S/C29H30N4O5S2/c1-5-7-15-32-27(36)25(29-31(3)21-16-19(37-4)13-14-22(21)39-29)40-28(32)24-20(17-23(34)38-6-2)30-33(26(24)35)18-11-9-8-10-12-18/h8-14,16H,5-7,15,17H2,1-4H3. The van der Waals surface area contributed by atoms with Crippen molar-refractivity contribution in [3.8, 4) is 5.75 Å². The van der Waals surface area contributed by atoms with Gasteiger partial charge in [-0.05, 0) is 37.6 Å². The van der Waals surface area contributed by atoms with Crippen molar-refractivity contribution < 1.29 is 19.1 Å². The van der Waals surface area contributed by atoms with E-state index in [0.717, 1.165) is 34.2 Å². The molecule has 0 saturated carbocycles. The highest BCUT2D eigenvalue weighted by molar-refractivity contribution is 8.08. The van der Waals surface area contributed by atoms with Crippen LogP contribution in [0, 0.1) is 0 Å². The number of esters is 1. The number of carbonyl (C=O) groups is 2. The number of hydrazone groups is 1. The zero-order valence-electron chi connectivity index (χ0n) is 22.8. The normalized spacial score (nSPS) is 17.3. The van der Waals surface area contributed by atoms with E-state index in [2.05, 4.69) is 12.0 Å². The fraction of sp³-hybridized carbons (Fsp3) is 0.310. The second kappa shape index (κ2) is 11.7. The van der Waals surface area contributed by atoms with E-state index in [9.17, 15) is 14.4 Å². The topological polar surface area (TPSA) is 93.4 Å². The second-order valence-electron chi connectivity index (χ2n) is 9.20. The molecule has 40 heavy (non-hydrogen) atoms. The number of nitrogens with zero attached hydrogens (tertiary/aromatic N) is 4. The van der Waals surface area contributed by atoms with Crippen LogP contribution >= 0.6 is 23.1 Å². The van der Waals surface area contributed by atoms with E-state index in [1.165, 1.54) is 28.1 Å². The number of thiazole rings is 1. The number of fused-ring (bicyclic) bond motifs is 1. The van der Waals surface area contributed by atoms with Crippen molar-refractivity contribution in [2.75, 3.05) is 30.7 Å². The summed E-state index contributed by atoms with van der Waals surface area (Å²) >= 11 is 2.77. The Morgan fingerprint density at radius 1 is 1.07 bits per heavy atom. The maximum absolute atomic E-state index is 14.0. The van der Waals surface area contributed by atoms with Gasteiger partial charge in [-0.2, -0.15) is 10.1 Å². The van der Waals surface area contributed by atoms with Crippen molar-refractivity contribution in [2.45, 2.75) is 44.6 Å². The molecule has 0 saturated heterocycles. The third-order valence-electron chi connectivity index (χ3n) is 6.60. The third-order valence-corrected chi connectivity index (χ3v) is 9.15. The first-order valence-electron chi connectivity index (χ1n) is 13.1. The van der Waals surface area contributed by atoms with E-state index in [0.29, 0.717) is 21.4 Å². The van der Waals surface area contributed by atoms with Crippen LogP contribution in [0.1, 0.15) is 33.1 Å². The van der Waals surface area contributed by atoms with Crippen LogP contribution in [-0.4, -0.2) is 42.9 Å². The predicted octanol–water partition coefficient (Wildman–Crippen LogP) is 3.53. The number of thioether (sulfide) groups is 1. The smallest absolute Gasteiger partial charge is 0.311 e. The van der Waals surface area contributed by atoms with Crippen LogP contribution in [0.2, 0.25) is 0 Å². The Kier molecular flexibility index (Phi) is 8.13. The zero-order valence-corrected chi connectivity index (χ0v) is 24.4. The molecule has 0 fully saturated rings. The van der Waals surface area contributed by atoms with Gasteiger partial charge in [0.1, 0.15) is 20.0 Å². The number of aromatic nitrogens is 1. The van der Waals surface area contributed by atoms with E-state index in [4.69, 9.17) is 9.47 Å². The first-order valence-corrected chi connectivity index (χ1v) is 14.7. The molecular weight excluding hydrogens is 548 g/mol. The Bertz CT molecular complexity index is 1680. The number of para-hydroxylation sites is 1. The Morgan fingerprint density at radius 3 is 2.55 bits per heavy atom. The minimum Gasteiger partial charge on any atom is -0.497 e. The maximum atomic E-state index is 14.0. The van der Waals surface area contributed by atoms with Crippen LogP contribution in [0.3, 0.4) is 0 Å². The lowest BCUT2D eigenvalue weighted by molar-refractivity contribution is -0.141. The number of hydrogen-bond donors (Lipinski definition) is 0. The number of amides is 1. The van der Waals surface area contributed by atoms with Gasteiger partial charge >= 0.3 is 5.97 Å². The summed E-state index contributed by atoms with van der Waals surface area (Å²) in [6.07, 6.45) is 1.45. The molecule has 2 aliphatic rings. The summed E-state index contributed by atoms with van der Waals surface area (Å²) in [6, 6.07) is 14.9. The molecule has 0 unspecified atom stereocenters. The maximum Gasteiger partial charge on any atom is 0.311 e. The summed E-state index contributed by atoms with van der Waals surface area (Å²) in [6.45, 7) is 4.44. The van der Waals surface area contributed by atoms with E-state index < -0.39 is 5.97 Å². The quantitative estimate of drug-likeness (QED) is 0.378. The molecule has 2 aliphatic heterocycles. The third kappa shape index (κ3) is 5.06. The van der Waals surface area contributed by atoms with Gasteiger partial charge in [0.25, 0.3) is 11.5 Å². The predicted molar refractivity (Wildman–Crippen MR) is 159 cm³/mol. The molecule has 0 atom stereocenters. The van der Waals surface area contributed by atoms with E-state index in [-0.39, 0.29) is 35.8 Å². The molecule has 1 aromatic heterocycles. The summed E-state index contributed by atoms with van der Waals surface area (Å²) in [7, 11) is 3.54. The van der Waals surface area contributed by atoms with Gasteiger partial charge in [0.2, 0.25) is 0 Å². The van der Waals surface area contributed by atoms with Gasteiger partial charge in [-0.25, -0.2) is 0 Å². The highest BCUT2D eigenvalue weighted by Gasteiger charge is 2.35. The number of benzene rings is 2. The number of carbonyl (C=O) groups excluding carboxylic acids is 2. The molecule has 1 amide bonds. The Morgan fingerprint density at radius 2 is 1.85 bits per heavy atom. The summed E-state index contributed by atoms with van der Waals surface area (Å²) in [5.74, 6) is -0.132. The van der Waals surface area contributed by atoms with Crippen molar-refractivity contribution in [1.29, 1.82) is 0 Å². The molecule has 9 nitrogen and oxygen atoms in total. The summed E-state index contributed by atoms with van der Waals surface area (Å²) in [5.41, 5.74) is 1.89. The first kappa shape index (κ1) is 27.7. The molecule has 0 spiro atoms. The average molecular weight is 579 g/mol. The van der Waals surface area contributed by atoms with E-state index in [1.807, 2.05) is 48.3 Å². The average Bonchev–Trinajstić information content (AvgIpc) is 3.57. The van der Waals surface area contributed by atoms with Crippen molar-refractivity contribution in [1.82, 2.24) is 4.57 Å². The van der Waals surface area contributed by atoms with Gasteiger partial charge in [0.15, 0.2) is 0 Å². The van der Waals surface area contributed by atoms with Crippen LogP contribution in [0.4, 0.5) is 11.4 Å². The molecule has 0 N–H and O–H groups in total. The largest absolute Gasteiger partial charge is 0.497 e. The van der Waals surface area contributed by atoms with Crippen LogP contribution in [0.25, 0.3) is 10.6 Å². The fourth-order valence-electron chi connectivity index (χ4n) is 4.58. The fourth-order valence-corrected chi connectivity index (χ4v) is 7.10. The number of methoxy groups -OCH3 is 1. The molecule has 11 heteroatoms. The van der Waals surface area contributed by atoms with Gasteiger partial charge in [0.05, 0.1) is 42.8 Å². The number of anilines is 2. The first-order chi connectivity index (χ1) is 19.4. The molecule has 208 valence electrons. The van der Waals surface area contributed by atoms with E-state index >= 15 is 0 Å². The van der Waals surface area contributed by atoms with Crippen LogP contribution in [-0.2, 0) is 20.9 Å². The SMILES string of the molecule is CCCCn1c(=C2C(=O)N(c3ccccc3)N=C2CC(=O)OCC)sc(=C2Sc3ccc(OC)cc3N2C)c1=O. The molecule has 3 heterocycles. The second-order valence-corrected chi connectivity index (χ2v) is 11.2. The molecule has 3 aromatic rings. The Hall–Kier alpha value is -3.83. The van der Waals surface area contributed by atoms with Crippen molar-refractivity contribution in [3.63, 3.8) is 0 Å². The Labute approximate surface area is 240 Å². The van der Waals surface area contributed by atoms with Crippen molar-refractivity contribution in [3.05, 3.63) is 68.1 Å². The lowest BCUT2D eigenvalue weighted by Gasteiger charge is -2.13. The van der Waals surface area contributed by atoms with Crippen LogP contribution in [0.15, 0.2) is 63.3 Å². The monoisotopic (exact) mass is 578 g/mol. The van der Waals surface area contributed by atoms with Crippen LogP contribution < -0.4 is 29.4 Å². The highest BCUT2D eigenvalue weighted by atomic mass is 32.2. The van der Waals surface area contributed by atoms with Gasteiger partial charge in [-0.15, -0.1) is 11.3 Å².